The zero-order valence-corrected chi connectivity index (χ0v) is 16.4. The van der Waals surface area contributed by atoms with E-state index >= 15 is 0 Å². The summed E-state index contributed by atoms with van der Waals surface area (Å²) in [7, 11) is 0. The summed E-state index contributed by atoms with van der Waals surface area (Å²) in [5.74, 6) is 0.772. The van der Waals surface area contributed by atoms with E-state index in [-0.39, 0.29) is 5.82 Å². The summed E-state index contributed by atoms with van der Waals surface area (Å²) in [6, 6.07) is 11.9. The number of carbonyl (C=O) groups excluding carboxylic acids is 1. The average Bonchev–Trinajstić information content (AvgIpc) is 2.65. The molecule has 0 radical (unpaired) electrons. The van der Waals surface area contributed by atoms with Crippen molar-refractivity contribution in [3.63, 3.8) is 0 Å². The Bertz CT molecular complexity index is 793. The molecule has 2 aromatic carbocycles. The van der Waals surface area contributed by atoms with Crippen molar-refractivity contribution < 1.29 is 9.18 Å². The number of amides is 1. The molecule has 0 unspecified atom stereocenters. The molecule has 0 saturated carbocycles. The number of halogens is 1. The van der Waals surface area contributed by atoms with E-state index in [1.807, 2.05) is 25.3 Å². The molecule has 0 fully saturated rings. The fourth-order valence-electron chi connectivity index (χ4n) is 2.52. The Morgan fingerprint density at radius 2 is 1.89 bits per heavy atom. The van der Waals surface area contributed by atoms with Gasteiger partial charge in [0.15, 0.2) is 5.96 Å². The minimum absolute atomic E-state index is 0.220. The highest BCUT2D eigenvalue weighted by molar-refractivity contribution is 7.97. The van der Waals surface area contributed by atoms with Gasteiger partial charge < -0.3 is 16.4 Å². The lowest BCUT2D eigenvalue weighted by Gasteiger charge is -2.14. The third-order valence-corrected chi connectivity index (χ3v) is 4.52. The highest BCUT2D eigenvalue weighted by atomic mass is 32.2. The predicted molar refractivity (Wildman–Crippen MR) is 110 cm³/mol. The first-order valence-corrected chi connectivity index (χ1v) is 10.1. The number of aliphatic imine (C=N–C) groups is 1. The summed E-state index contributed by atoms with van der Waals surface area (Å²) in [5, 5.41) is 6.49. The molecule has 0 saturated heterocycles. The number of nitrogens with zero attached hydrogens (tertiary/aromatic N) is 1. The standard InChI is InChI=1S/C20H25FN4OS/c1-3-23-20(24-11-14-4-6-15(7-5-14)19(22)26)25-12-16-8-9-18(21)10-17(16)13-27-2/h4-10H,3,11-13H2,1-2H3,(H2,22,26)(H2,23,24,25). The molecule has 2 rings (SSSR count). The smallest absolute Gasteiger partial charge is 0.248 e. The monoisotopic (exact) mass is 388 g/mol. The van der Waals surface area contributed by atoms with Gasteiger partial charge in [-0.05, 0) is 54.1 Å². The summed E-state index contributed by atoms with van der Waals surface area (Å²) in [4.78, 5) is 15.7. The van der Waals surface area contributed by atoms with Crippen LogP contribution in [0.2, 0.25) is 0 Å². The number of carbonyl (C=O) groups is 1. The van der Waals surface area contributed by atoms with Crippen molar-refractivity contribution >= 4 is 23.6 Å². The number of rotatable bonds is 8. The van der Waals surface area contributed by atoms with Crippen molar-refractivity contribution in [1.82, 2.24) is 10.6 Å². The molecule has 0 atom stereocenters. The molecular weight excluding hydrogens is 363 g/mol. The molecule has 0 aliphatic carbocycles. The largest absolute Gasteiger partial charge is 0.366 e. The molecule has 4 N–H and O–H groups in total. The summed E-state index contributed by atoms with van der Waals surface area (Å²) in [5.41, 5.74) is 8.73. The fraction of sp³-hybridized carbons (Fsp3) is 0.300. The Hall–Kier alpha value is -2.54. The minimum Gasteiger partial charge on any atom is -0.366 e. The Morgan fingerprint density at radius 3 is 2.52 bits per heavy atom. The molecule has 0 bridgehead atoms. The van der Waals surface area contributed by atoms with Crippen LogP contribution in [-0.2, 0) is 18.8 Å². The van der Waals surface area contributed by atoms with Crippen molar-refractivity contribution in [3.05, 3.63) is 70.5 Å². The Morgan fingerprint density at radius 1 is 1.15 bits per heavy atom. The van der Waals surface area contributed by atoms with Crippen molar-refractivity contribution in [2.75, 3.05) is 12.8 Å². The van der Waals surface area contributed by atoms with Crippen LogP contribution >= 0.6 is 11.8 Å². The number of primary amides is 1. The molecule has 144 valence electrons. The summed E-state index contributed by atoms with van der Waals surface area (Å²) >= 11 is 1.66. The fourth-order valence-corrected chi connectivity index (χ4v) is 3.10. The second-order valence-electron chi connectivity index (χ2n) is 5.96. The topological polar surface area (TPSA) is 79.5 Å². The van der Waals surface area contributed by atoms with Crippen molar-refractivity contribution in [2.24, 2.45) is 10.7 Å². The first-order chi connectivity index (χ1) is 13.0. The molecule has 27 heavy (non-hydrogen) atoms. The molecule has 0 aromatic heterocycles. The van der Waals surface area contributed by atoms with Gasteiger partial charge in [0.05, 0.1) is 6.54 Å². The Kier molecular flexibility index (Phi) is 8.13. The van der Waals surface area contributed by atoms with E-state index in [0.29, 0.717) is 24.6 Å². The zero-order valence-electron chi connectivity index (χ0n) is 15.6. The van der Waals surface area contributed by atoms with Gasteiger partial charge in [-0.1, -0.05) is 18.2 Å². The number of hydrogen-bond donors (Lipinski definition) is 3. The first-order valence-electron chi connectivity index (χ1n) is 8.70. The molecule has 7 heteroatoms. The molecule has 5 nitrogen and oxygen atoms in total. The Balaban J connectivity index is 2.04. The summed E-state index contributed by atoms with van der Waals surface area (Å²) in [6.45, 7) is 3.75. The van der Waals surface area contributed by atoms with E-state index in [2.05, 4.69) is 15.6 Å². The highest BCUT2D eigenvalue weighted by Gasteiger charge is 2.06. The van der Waals surface area contributed by atoms with Gasteiger partial charge in [-0.3, -0.25) is 4.79 Å². The lowest BCUT2D eigenvalue weighted by atomic mass is 10.1. The van der Waals surface area contributed by atoms with Gasteiger partial charge in [0.25, 0.3) is 0 Å². The zero-order chi connectivity index (χ0) is 19.6. The summed E-state index contributed by atoms with van der Waals surface area (Å²) in [6.07, 6.45) is 2.00. The van der Waals surface area contributed by atoms with Crippen LogP contribution in [0.4, 0.5) is 4.39 Å². The van der Waals surface area contributed by atoms with Crippen LogP contribution in [0.3, 0.4) is 0 Å². The van der Waals surface area contributed by atoms with Crippen molar-refractivity contribution in [3.8, 4) is 0 Å². The quantitative estimate of drug-likeness (QED) is 0.480. The third-order valence-electron chi connectivity index (χ3n) is 3.92. The Labute approximate surface area is 163 Å². The SMILES string of the molecule is CCNC(=NCc1ccc(C(N)=O)cc1)NCc1ccc(F)cc1CSC. The molecule has 2 aromatic rings. The van der Waals surface area contributed by atoms with E-state index in [1.54, 1.807) is 36.0 Å². The van der Waals surface area contributed by atoms with Gasteiger partial charge >= 0.3 is 0 Å². The minimum atomic E-state index is -0.444. The van der Waals surface area contributed by atoms with Crippen LogP contribution < -0.4 is 16.4 Å². The highest BCUT2D eigenvalue weighted by Crippen LogP contribution is 2.16. The molecule has 1 amide bonds. The number of thioether (sulfide) groups is 1. The van der Waals surface area contributed by atoms with E-state index in [1.165, 1.54) is 6.07 Å². The maximum absolute atomic E-state index is 13.5. The van der Waals surface area contributed by atoms with Gasteiger partial charge in [-0.15, -0.1) is 0 Å². The average molecular weight is 389 g/mol. The van der Waals surface area contributed by atoms with Gasteiger partial charge in [-0.2, -0.15) is 11.8 Å². The van der Waals surface area contributed by atoms with Crippen LogP contribution in [-0.4, -0.2) is 24.7 Å². The van der Waals surface area contributed by atoms with Crippen LogP contribution in [0.15, 0.2) is 47.5 Å². The van der Waals surface area contributed by atoms with Crippen molar-refractivity contribution in [2.45, 2.75) is 25.8 Å². The first kappa shape index (κ1) is 20.8. The second-order valence-corrected chi connectivity index (χ2v) is 6.82. The van der Waals surface area contributed by atoms with Gasteiger partial charge in [0.2, 0.25) is 5.91 Å². The lowest BCUT2D eigenvalue weighted by molar-refractivity contribution is 0.100. The normalized spacial score (nSPS) is 11.3. The maximum Gasteiger partial charge on any atom is 0.248 e. The third kappa shape index (κ3) is 6.60. The van der Waals surface area contributed by atoms with Crippen molar-refractivity contribution in [1.29, 1.82) is 0 Å². The number of benzene rings is 2. The summed E-state index contributed by atoms with van der Waals surface area (Å²) < 4.78 is 13.5. The van der Waals surface area contributed by atoms with Gasteiger partial charge in [0.1, 0.15) is 5.82 Å². The lowest BCUT2D eigenvalue weighted by Crippen LogP contribution is -2.37. The molecule has 0 spiro atoms. The predicted octanol–water partition coefficient (Wildman–Crippen LogP) is 3.04. The molecule has 0 heterocycles. The number of guanidine groups is 1. The van der Waals surface area contributed by atoms with Gasteiger partial charge in [-0.25, -0.2) is 9.38 Å². The van der Waals surface area contributed by atoms with E-state index in [9.17, 15) is 9.18 Å². The number of hydrogen-bond acceptors (Lipinski definition) is 3. The number of nitrogens with one attached hydrogen (secondary N) is 2. The van der Waals surface area contributed by atoms with Crippen LogP contribution in [0.1, 0.15) is 34.0 Å². The second kappa shape index (κ2) is 10.6. The van der Waals surface area contributed by atoms with E-state index in [0.717, 1.165) is 29.0 Å². The maximum atomic E-state index is 13.5. The molecule has 0 aliphatic rings. The molecular formula is C20H25FN4OS. The van der Waals surface area contributed by atoms with E-state index < -0.39 is 5.91 Å². The molecule has 0 aliphatic heterocycles. The van der Waals surface area contributed by atoms with Crippen LogP contribution in [0.5, 0.6) is 0 Å². The van der Waals surface area contributed by atoms with Crippen LogP contribution in [0, 0.1) is 5.82 Å². The number of nitrogens with two attached hydrogens (primary N) is 1. The van der Waals surface area contributed by atoms with Gasteiger partial charge in [0, 0.05) is 24.4 Å². The van der Waals surface area contributed by atoms with Crippen LogP contribution in [0.25, 0.3) is 0 Å². The van der Waals surface area contributed by atoms with E-state index in [4.69, 9.17) is 5.73 Å².